The summed E-state index contributed by atoms with van der Waals surface area (Å²) in [5.41, 5.74) is 3.06. The van der Waals surface area contributed by atoms with Crippen molar-refractivity contribution in [2.45, 2.75) is 88.9 Å². The second kappa shape index (κ2) is 16.8. The van der Waals surface area contributed by atoms with Gasteiger partial charge in [0.25, 0.3) is 5.91 Å². The van der Waals surface area contributed by atoms with Gasteiger partial charge in [0.05, 0.1) is 46.5 Å². The average Bonchev–Trinajstić information content (AvgIpc) is 3.63. The Morgan fingerprint density at radius 1 is 0.893 bits per heavy atom. The van der Waals surface area contributed by atoms with Crippen LogP contribution in [0.2, 0.25) is 18.6 Å². The summed E-state index contributed by atoms with van der Waals surface area (Å²) in [4.78, 5) is 48.0. The van der Waals surface area contributed by atoms with E-state index in [1.807, 2.05) is 101 Å². The fourth-order valence-corrected chi connectivity index (χ4v) is 13.5. The molecule has 3 aliphatic heterocycles. The summed E-state index contributed by atoms with van der Waals surface area (Å²) in [6.07, 6.45) is 4.25. The van der Waals surface area contributed by atoms with E-state index in [9.17, 15) is 14.7 Å². The van der Waals surface area contributed by atoms with Crippen LogP contribution < -0.4 is 19.7 Å². The monoisotopic (exact) mass is 773 g/mol. The minimum Gasteiger partial charge on any atom is -0.497 e. The molecular weight excluding hydrogens is 719 g/mol. The molecule has 9 nitrogen and oxygen atoms in total. The van der Waals surface area contributed by atoms with Gasteiger partial charge in [0, 0.05) is 43.2 Å². The van der Waals surface area contributed by atoms with E-state index in [0.717, 1.165) is 66.0 Å². The van der Waals surface area contributed by atoms with Gasteiger partial charge in [-0.2, -0.15) is 0 Å². The van der Waals surface area contributed by atoms with E-state index in [4.69, 9.17) is 9.47 Å². The number of anilines is 2. The van der Waals surface area contributed by atoms with Gasteiger partial charge in [-0.15, -0.1) is 0 Å². The number of carbonyl (C=O) groups is 3. The molecule has 3 aliphatic rings. The summed E-state index contributed by atoms with van der Waals surface area (Å²) in [6.45, 7) is 8.24. The summed E-state index contributed by atoms with van der Waals surface area (Å²) >= 11 is 0. The standard InChI is InChI=1S/C46H55N3O6Si/c1-33-44(56(3,4)38-25-23-37(54-2)24-26-38)41(30-43(52)47(28-29-50)31-34-14-8-7-9-15-34)55-46(33)39-16-11-12-17-40(39)49(45(46)53)32-35-19-21-36(22-20-35)48-27-13-6-5-10-18-42(48)51/h7-9,11-12,14-17,19-26,33,41,44,50H,5-6,10,13,18,27-32H2,1-4H3/t33-,41+,44-,46+/m1/s1. The second-order valence-electron chi connectivity index (χ2n) is 16.2. The number of ether oxygens (including phenoxy) is 2. The van der Waals surface area contributed by atoms with Crippen LogP contribution in [0.3, 0.4) is 0 Å². The van der Waals surface area contributed by atoms with Gasteiger partial charge in [0.15, 0.2) is 5.60 Å². The first-order valence-electron chi connectivity index (χ1n) is 20.1. The molecule has 2 fully saturated rings. The first-order chi connectivity index (χ1) is 27.1. The van der Waals surface area contributed by atoms with Crippen molar-refractivity contribution in [2.24, 2.45) is 5.92 Å². The molecule has 0 aromatic heterocycles. The molecule has 0 bridgehead atoms. The Morgan fingerprint density at radius 2 is 1.59 bits per heavy atom. The molecule has 0 aliphatic carbocycles. The molecule has 56 heavy (non-hydrogen) atoms. The van der Waals surface area contributed by atoms with Crippen molar-refractivity contribution in [3.8, 4) is 5.75 Å². The number of aliphatic hydroxyl groups is 1. The highest BCUT2D eigenvalue weighted by atomic mass is 28.3. The molecule has 0 unspecified atom stereocenters. The molecule has 294 valence electrons. The molecule has 10 heteroatoms. The number of rotatable bonds is 12. The van der Waals surface area contributed by atoms with Crippen molar-refractivity contribution >= 4 is 42.4 Å². The van der Waals surface area contributed by atoms with Crippen LogP contribution in [-0.4, -0.2) is 68.7 Å². The highest BCUT2D eigenvalue weighted by molar-refractivity contribution is 6.91. The first-order valence-corrected chi connectivity index (χ1v) is 23.2. The maximum Gasteiger partial charge on any atom is 0.264 e. The number of aliphatic hydroxyl groups excluding tert-OH is 1. The Hall–Kier alpha value is -4.77. The van der Waals surface area contributed by atoms with E-state index in [1.165, 1.54) is 5.19 Å². The second-order valence-corrected chi connectivity index (χ2v) is 20.9. The molecule has 3 amide bonds. The Labute approximate surface area is 332 Å². The number of amides is 3. The van der Waals surface area contributed by atoms with Crippen molar-refractivity contribution in [3.63, 3.8) is 0 Å². The molecule has 4 atom stereocenters. The topological polar surface area (TPSA) is 99.6 Å². The zero-order valence-electron chi connectivity index (χ0n) is 33.2. The molecular formula is C46H55N3O6Si. The number of carbonyl (C=O) groups excluding carboxylic acids is 3. The molecule has 1 N–H and O–H groups in total. The Kier molecular flexibility index (Phi) is 11.8. The van der Waals surface area contributed by atoms with Crippen LogP contribution in [0.15, 0.2) is 103 Å². The predicted octanol–water partition coefficient (Wildman–Crippen LogP) is 7.17. The van der Waals surface area contributed by atoms with Gasteiger partial charge >= 0.3 is 0 Å². The van der Waals surface area contributed by atoms with Gasteiger partial charge in [0.1, 0.15) is 5.75 Å². The minimum absolute atomic E-state index is 0.0856. The third kappa shape index (κ3) is 7.54. The largest absolute Gasteiger partial charge is 0.497 e. The molecule has 1 spiro atoms. The lowest BCUT2D eigenvalue weighted by molar-refractivity contribution is -0.150. The number of methoxy groups -OCH3 is 1. The number of nitrogens with zero attached hydrogens (tertiary/aromatic N) is 3. The molecule has 0 saturated carbocycles. The van der Waals surface area contributed by atoms with Crippen molar-refractivity contribution in [1.29, 1.82) is 0 Å². The molecule has 7 rings (SSSR count). The highest BCUT2D eigenvalue weighted by Gasteiger charge is 2.66. The zero-order valence-corrected chi connectivity index (χ0v) is 34.2. The van der Waals surface area contributed by atoms with Crippen LogP contribution in [0.5, 0.6) is 5.75 Å². The Bertz CT molecular complexity index is 2010. The van der Waals surface area contributed by atoms with Crippen molar-refractivity contribution in [2.75, 3.05) is 36.6 Å². The third-order valence-electron chi connectivity index (χ3n) is 12.5. The van der Waals surface area contributed by atoms with Crippen molar-refractivity contribution in [3.05, 3.63) is 120 Å². The lowest BCUT2D eigenvalue weighted by Gasteiger charge is -2.37. The molecule has 0 radical (unpaired) electrons. The molecule has 3 heterocycles. The predicted molar refractivity (Wildman–Crippen MR) is 223 cm³/mol. The Balaban J connectivity index is 1.22. The zero-order chi connectivity index (χ0) is 39.5. The average molecular weight is 774 g/mol. The van der Waals surface area contributed by atoms with E-state index in [2.05, 4.69) is 32.2 Å². The number of para-hydroxylation sites is 1. The van der Waals surface area contributed by atoms with Crippen LogP contribution in [0.1, 0.15) is 62.1 Å². The van der Waals surface area contributed by atoms with E-state index in [-0.39, 0.29) is 48.8 Å². The SMILES string of the molecule is COc1ccc([Si](C)(C)[C@H]2[C@H](CC(=O)N(CCO)Cc3ccccc3)O[C@@]3(C(=O)N(Cc4ccc(N5CCCCCCC5=O)cc4)c4ccccc43)[C@@H]2C)cc1. The van der Waals surface area contributed by atoms with Gasteiger partial charge in [-0.3, -0.25) is 14.4 Å². The molecule has 2 saturated heterocycles. The van der Waals surface area contributed by atoms with Gasteiger partial charge < -0.3 is 29.3 Å². The normalized spacial score (nSPS) is 22.6. The highest BCUT2D eigenvalue weighted by Crippen LogP contribution is 2.60. The quantitative estimate of drug-likeness (QED) is 0.154. The van der Waals surface area contributed by atoms with Crippen LogP contribution in [-0.2, 0) is 37.8 Å². The van der Waals surface area contributed by atoms with Gasteiger partial charge in [-0.1, -0.05) is 111 Å². The summed E-state index contributed by atoms with van der Waals surface area (Å²) < 4.78 is 12.7. The van der Waals surface area contributed by atoms with Crippen LogP contribution in [0.25, 0.3) is 0 Å². The van der Waals surface area contributed by atoms with E-state index in [0.29, 0.717) is 19.5 Å². The number of hydrogen-bond donors (Lipinski definition) is 1. The summed E-state index contributed by atoms with van der Waals surface area (Å²) in [7, 11) is -0.825. The van der Waals surface area contributed by atoms with Gasteiger partial charge in [0.2, 0.25) is 11.8 Å². The fourth-order valence-electron chi connectivity index (χ4n) is 9.54. The minimum atomic E-state index is -2.48. The first kappa shape index (κ1) is 39.5. The van der Waals surface area contributed by atoms with Gasteiger partial charge in [-0.25, -0.2) is 0 Å². The summed E-state index contributed by atoms with van der Waals surface area (Å²) in [5, 5.41) is 11.2. The lowest BCUT2D eigenvalue weighted by atomic mass is 9.82. The van der Waals surface area contributed by atoms with E-state index >= 15 is 4.79 Å². The number of benzene rings is 4. The smallest absolute Gasteiger partial charge is 0.264 e. The maximum atomic E-state index is 15.2. The van der Waals surface area contributed by atoms with E-state index in [1.54, 1.807) is 12.0 Å². The molecule has 4 aromatic carbocycles. The molecule has 4 aromatic rings. The van der Waals surface area contributed by atoms with Crippen LogP contribution >= 0.6 is 0 Å². The van der Waals surface area contributed by atoms with Crippen LogP contribution in [0.4, 0.5) is 11.4 Å². The number of fused-ring (bicyclic) bond motifs is 2. The third-order valence-corrected chi connectivity index (χ3v) is 16.8. The number of hydrogen-bond acceptors (Lipinski definition) is 6. The van der Waals surface area contributed by atoms with Gasteiger partial charge in [-0.05, 0) is 59.8 Å². The van der Waals surface area contributed by atoms with Crippen LogP contribution in [0, 0.1) is 5.92 Å². The maximum absolute atomic E-state index is 15.2. The lowest BCUT2D eigenvalue weighted by Crippen LogP contribution is -2.52. The summed E-state index contributed by atoms with van der Waals surface area (Å²) in [6, 6.07) is 34.0. The van der Waals surface area contributed by atoms with E-state index < -0.39 is 19.8 Å². The summed E-state index contributed by atoms with van der Waals surface area (Å²) in [5.74, 6) is 0.443. The van der Waals surface area contributed by atoms with Crippen molar-refractivity contribution in [1.82, 2.24) is 4.90 Å². The fraction of sp³-hybridized carbons (Fsp3) is 0.413. The Morgan fingerprint density at radius 3 is 2.30 bits per heavy atom. The van der Waals surface area contributed by atoms with Crippen molar-refractivity contribution < 1.29 is 29.0 Å².